The highest BCUT2D eigenvalue weighted by atomic mass is 32.2. The van der Waals surface area contributed by atoms with Crippen molar-refractivity contribution in [2.45, 2.75) is 51.9 Å². The summed E-state index contributed by atoms with van der Waals surface area (Å²) >= 11 is 4.04. The lowest BCUT2D eigenvalue weighted by Crippen LogP contribution is -2.34. The average molecular weight is 299 g/mol. The van der Waals surface area contributed by atoms with Crippen molar-refractivity contribution >= 4 is 23.1 Å². The van der Waals surface area contributed by atoms with Crippen LogP contribution >= 0.6 is 23.1 Å². The first-order chi connectivity index (χ1) is 8.94. The van der Waals surface area contributed by atoms with Gasteiger partial charge in [-0.3, -0.25) is 4.90 Å². The third-order valence-corrected chi connectivity index (χ3v) is 5.66. The molecule has 0 saturated carbocycles. The molecule has 108 valence electrons. The van der Waals surface area contributed by atoms with E-state index in [2.05, 4.69) is 61.9 Å². The van der Waals surface area contributed by atoms with Gasteiger partial charge < -0.3 is 5.32 Å². The molecule has 0 spiro atoms. The average Bonchev–Trinajstić information content (AvgIpc) is 2.96. The van der Waals surface area contributed by atoms with Crippen molar-refractivity contribution < 1.29 is 0 Å². The van der Waals surface area contributed by atoms with Gasteiger partial charge in [0, 0.05) is 40.2 Å². The van der Waals surface area contributed by atoms with Crippen LogP contribution in [0.1, 0.15) is 36.9 Å². The Labute approximate surface area is 126 Å². The summed E-state index contributed by atoms with van der Waals surface area (Å²) in [5.41, 5.74) is 0.196. The Morgan fingerprint density at radius 1 is 1.32 bits per heavy atom. The van der Waals surface area contributed by atoms with Gasteiger partial charge in [-0.15, -0.1) is 11.3 Å². The van der Waals surface area contributed by atoms with Crippen LogP contribution in [0.2, 0.25) is 0 Å². The SMILES string of the molecule is CN(Cc1ccc(CNC(C)(C)C)s1)C1CCSC1. The minimum atomic E-state index is 0.196. The lowest BCUT2D eigenvalue weighted by atomic mass is 10.1. The van der Waals surface area contributed by atoms with Gasteiger partial charge in [0.2, 0.25) is 0 Å². The van der Waals surface area contributed by atoms with Crippen LogP contribution in [0.4, 0.5) is 0 Å². The molecule has 1 aliphatic rings. The van der Waals surface area contributed by atoms with E-state index in [0.717, 1.165) is 19.1 Å². The van der Waals surface area contributed by atoms with Crippen molar-refractivity contribution in [3.8, 4) is 0 Å². The number of hydrogen-bond donors (Lipinski definition) is 1. The Kier molecular flexibility index (Phi) is 5.35. The summed E-state index contributed by atoms with van der Waals surface area (Å²) < 4.78 is 0. The molecule has 0 bridgehead atoms. The summed E-state index contributed by atoms with van der Waals surface area (Å²) in [4.78, 5) is 5.46. The van der Waals surface area contributed by atoms with Gasteiger partial charge in [-0.05, 0) is 52.1 Å². The molecule has 2 rings (SSSR count). The Morgan fingerprint density at radius 3 is 2.68 bits per heavy atom. The van der Waals surface area contributed by atoms with E-state index >= 15 is 0 Å². The maximum atomic E-state index is 3.55. The summed E-state index contributed by atoms with van der Waals surface area (Å²) in [7, 11) is 2.27. The second-order valence-electron chi connectivity index (χ2n) is 6.40. The molecule has 1 fully saturated rings. The Morgan fingerprint density at radius 2 is 2.05 bits per heavy atom. The smallest absolute Gasteiger partial charge is 0.0328 e. The van der Waals surface area contributed by atoms with Crippen LogP contribution < -0.4 is 5.32 Å². The molecule has 0 aromatic carbocycles. The van der Waals surface area contributed by atoms with Crippen LogP contribution in [-0.4, -0.2) is 35.0 Å². The van der Waals surface area contributed by atoms with E-state index in [1.165, 1.54) is 27.7 Å². The molecule has 0 amide bonds. The summed E-state index contributed by atoms with van der Waals surface area (Å²) in [5.74, 6) is 2.64. The van der Waals surface area contributed by atoms with E-state index in [9.17, 15) is 0 Å². The van der Waals surface area contributed by atoms with Gasteiger partial charge in [0.05, 0.1) is 0 Å². The van der Waals surface area contributed by atoms with Crippen molar-refractivity contribution in [1.82, 2.24) is 10.2 Å². The summed E-state index contributed by atoms with van der Waals surface area (Å²) in [6, 6.07) is 5.35. The van der Waals surface area contributed by atoms with E-state index in [-0.39, 0.29) is 5.54 Å². The van der Waals surface area contributed by atoms with Gasteiger partial charge in [-0.2, -0.15) is 11.8 Å². The van der Waals surface area contributed by atoms with Gasteiger partial charge in [-0.25, -0.2) is 0 Å². The first kappa shape index (κ1) is 15.4. The molecular weight excluding hydrogens is 272 g/mol. The molecule has 1 saturated heterocycles. The fourth-order valence-electron chi connectivity index (χ4n) is 2.20. The third kappa shape index (κ3) is 5.10. The molecule has 2 heterocycles. The minimum absolute atomic E-state index is 0.196. The zero-order chi connectivity index (χ0) is 13.9. The van der Waals surface area contributed by atoms with Crippen molar-refractivity contribution in [2.75, 3.05) is 18.6 Å². The molecule has 1 N–H and O–H groups in total. The van der Waals surface area contributed by atoms with Crippen molar-refractivity contribution in [1.29, 1.82) is 0 Å². The summed E-state index contributed by atoms with van der Waals surface area (Å²) in [6.07, 6.45) is 1.35. The highest BCUT2D eigenvalue weighted by Gasteiger charge is 2.20. The molecule has 2 nitrogen and oxygen atoms in total. The second kappa shape index (κ2) is 6.61. The molecule has 4 heteroatoms. The maximum Gasteiger partial charge on any atom is 0.0328 e. The minimum Gasteiger partial charge on any atom is -0.307 e. The highest BCUT2D eigenvalue weighted by Crippen LogP contribution is 2.25. The number of hydrogen-bond acceptors (Lipinski definition) is 4. The van der Waals surface area contributed by atoms with Crippen LogP contribution in [0.5, 0.6) is 0 Å². The molecule has 1 aromatic rings. The molecule has 0 aliphatic carbocycles. The Bertz CT molecular complexity index is 389. The zero-order valence-corrected chi connectivity index (χ0v) is 14.2. The predicted molar refractivity (Wildman–Crippen MR) is 88.1 cm³/mol. The maximum absolute atomic E-state index is 3.55. The monoisotopic (exact) mass is 298 g/mol. The van der Waals surface area contributed by atoms with Gasteiger partial charge >= 0.3 is 0 Å². The molecule has 0 radical (unpaired) electrons. The van der Waals surface area contributed by atoms with Gasteiger partial charge in [0.15, 0.2) is 0 Å². The quantitative estimate of drug-likeness (QED) is 0.894. The van der Waals surface area contributed by atoms with Crippen LogP contribution in [0.25, 0.3) is 0 Å². The third-order valence-electron chi connectivity index (χ3n) is 3.44. The first-order valence-electron chi connectivity index (χ1n) is 7.05. The van der Waals surface area contributed by atoms with E-state index in [1.807, 2.05) is 11.3 Å². The molecule has 1 aliphatic heterocycles. The standard InChI is InChI=1S/C15H26N2S2/c1-15(2,3)16-9-13-5-6-14(19-13)10-17(4)12-7-8-18-11-12/h5-6,12,16H,7-11H2,1-4H3. The molecule has 1 unspecified atom stereocenters. The van der Waals surface area contributed by atoms with Crippen LogP contribution in [0.3, 0.4) is 0 Å². The number of thiophene rings is 1. The zero-order valence-electron chi connectivity index (χ0n) is 12.5. The van der Waals surface area contributed by atoms with E-state index in [0.29, 0.717) is 0 Å². The van der Waals surface area contributed by atoms with Crippen LogP contribution in [0, 0.1) is 0 Å². The summed E-state index contributed by atoms with van der Waals surface area (Å²) in [5, 5.41) is 3.55. The van der Waals surface area contributed by atoms with Crippen LogP contribution in [-0.2, 0) is 13.1 Å². The largest absolute Gasteiger partial charge is 0.307 e. The van der Waals surface area contributed by atoms with Crippen molar-refractivity contribution in [3.05, 3.63) is 21.9 Å². The van der Waals surface area contributed by atoms with Crippen molar-refractivity contribution in [2.24, 2.45) is 0 Å². The topological polar surface area (TPSA) is 15.3 Å². The van der Waals surface area contributed by atoms with Gasteiger partial charge in [0.1, 0.15) is 0 Å². The summed E-state index contributed by atoms with van der Waals surface area (Å²) in [6.45, 7) is 8.73. The van der Waals surface area contributed by atoms with E-state index in [4.69, 9.17) is 0 Å². The molecule has 1 aromatic heterocycles. The molecule has 1 atom stereocenters. The number of nitrogens with zero attached hydrogens (tertiary/aromatic N) is 1. The Hall–Kier alpha value is -0.0300. The van der Waals surface area contributed by atoms with E-state index in [1.54, 1.807) is 0 Å². The number of thioether (sulfide) groups is 1. The van der Waals surface area contributed by atoms with Gasteiger partial charge in [-0.1, -0.05) is 0 Å². The Balaban J connectivity index is 1.83. The van der Waals surface area contributed by atoms with Gasteiger partial charge in [0.25, 0.3) is 0 Å². The molecular formula is C15H26N2S2. The van der Waals surface area contributed by atoms with Crippen LogP contribution in [0.15, 0.2) is 12.1 Å². The normalized spacial score (nSPS) is 20.4. The highest BCUT2D eigenvalue weighted by molar-refractivity contribution is 7.99. The predicted octanol–water partition coefficient (Wildman–Crippen LogP) is 3.57. The lowest BCUT2D eigenvalue weighted by Gasteiger charge is -2.22. The van der Waals surface area contributed by atoms with Crippen molar-refractivity contribution in [3.63, 3.8) is 0 Å². The number of rotatable bonds is 5. The van der Waals surface area contributed by atoms with E-state index < -0.39 is 0 Å². The second-order valence-corrected chi connectivity index (χ2v) is 8.81. The molecule has 19 heavy (non-hydrogen) atoms. The lowest BCUT2D eigenvalue weighted by molar-refractivity contribution is 0.256. The first-order valence-corrected chi connectivity index (χ1v) is 9.02. The number of nitrogens with one attached hydrogen (secondary N) is 1. The fraction of sp³-hybridized carbons (Fsp3) is 0.733. The fourth-order valence-corrected chi connectivity index (χ4v) is 4.52.